The second-order valence-corrected chi connectivity index (χ2v) is 10.3. The number of ether oxygens (including phenoxy) is 5. The number of rotatable bonds is 12. The van der Waals surface area contributed by atoms with Crippen molar-refractivity contribution in [1.29, 1.82) is 5.26 Å². The predicted octanol–water partition coefficient (Wildman–Crippen LogP) is 5.96. The van der Waals surface area contributed by atoms with Gasteiger partial charge in [-0.05, 0) is 48.9 Å². The minimum atomic E-state index is -0.657. The van der Waals surface area contributed by atoms with Crippen LogP contribution in [-0.2, 0) is 17.8 Å². The van der Waals surface area contributed by atoms with E-state index < -0.39 is 5.41 Å². The maximum absolute atomic E-state index is 10.7. The van der Waals surface area contributed by atoms with Crippen molar-refractivity contribution in [3.8, 4) is 34.8 Å². The molecule has 2 aliphatic rings. The zero-order valence-electron chi connectivity index (χ0n) is 24.1. The largest absolute Gasteiger partial charge is 0.493 e. The average molecular weight is 539 g/mol. The van der Waals surface area contributed by atoms with E-state index >= 15 is 0 Å². The molecule has 8 heteroatoms. The van der Waals surface area contributed by atoms with Crippen LogP contribution in [0.5, 0.6) is 28.7 Å². The van der Waals surface area contributed by atoms with Crippen LogP contribution in [0.25, 0.3) is 0 Å². The summed E-state index contributed by atoms with van der Waals surface area (Å²) in [6.45, 7) is 5.31. The fourth-order valence-electron chi connectivity index (χ4n) is 6.49. The van der Waals surface area contributed by atoms with Crippen LogP contribution in [0, 0.1) is 22.7 Å². The van der Waals surface area contributed by atoms with Crippen LogP contribution in [0.4, 0.5) is 0 Å². The van der Waals surface area contributed by atoms with E-state index in [9.17, 15) is 5.26 Å². The van der Waals surface area contributed by atoms with Crippen molar-refractivity contribution < 1.29 is 28.5 Å². The zero-order chi connectivity index (χ0) is 28.0. The Morgan fingerprint density at radius 2 is 1.77 bits per heavy atom. The van der Waals surface area contributed by atoms with Crippen molar-refractivity contribution in [3.63, 3.8) is 0 Å². The Morgan fingerprint density at radius 1 is 1.05 bits per heavy atom. The second kappa shape index (κ2) is 12.8. The highest BCUT2D eigenvalue weighted by atomic mass is 16.7. The standard InChI is InChI=1S/C31H42N2O6/c1-7-22(8-2)31(20-32,28-19-38-25-13-9-10-14-26(25)39-28)15-11-12-23-17-24-21(18-33(23)37-6)16-27(34-3)30(36-5)29(24)35-4/h9-10,13-14,16,22-23,28H,7-8,11-12,15,17-19H2,1-6H3. The Morgan fingerprint density at radius 3 is 2.38 bits per heavy atom. The van der Waals surface area contributed by atoms with Gasteiger partial charge in [-0.2, -0.15) is 10.3 Å². The summed E-state index contributed by atoms with van der Waals surface area (Å²) >= 11 is 0. The van der Waals surface area contributed by atoms with Gasteiger partial charge < -0.3 is 28.5 Å². The molecule has 4 rings (SSSR count). The van der Waals surface area contributed by atoms with E-state index in [1.165, 1.54) is 0 Å². The molecule has 8 nitrogen and oxygen atoms in total. The van der Waals surface area contributed by atoms with Crippen LogP contribution in [0.3, 0.4) is 0 Å². The van der Waals surface area contributed by atoms with Crippen LogP contribution in [0.2, 0.25) is 0 Å². The number of hydrogen-bond donors (Lipinski definition) is 0. The predicted molar refractivity (Wildman–Crippen MR) is 148 cm³/mol. The Kier molecular flexibility index (Phi) is 9.47. The Labute approximate surface area is 232 Å². The monoisotopic (exact) mass is 538 g/mol. The Balaban J connectivity index is 1.56. The van der Waals surface area contributed by atoms with E-state index in [0.29, 0.717) is 36.1 Å². The summed E-state index contributed by atoms with van der Waals surface area (Å²) < 4.78 is 29.5. The Hall–Kier alpha value is -3.15. The SMILES string of the molecule is CCC(CC)C(C#N)(CCCC1Cc2c(cc(OC)c(OC)c2OC)CN1OC)C1COc2ccccc2O1. The number of para-hydroxylation sites is 2. The lowest BCUT2D eigenvalue weighted by Crippen LogP contribution is -2.49. The molecule has 0 saturated carbocycles. The van der Waals surface area contributed by atoms with Gasteiger partial charge in [0.25, 0.3) is 0 Å². The van der Waals surface area contributed by atoms with Crippen LogP contribution < -0.4 is 23.7 Å². The quantitative estimate of drug-likeness (QED) is 0.328. The third kappa shape index (κ3) is 5.48. The van der Waals surface area contributed by atoms with Gasteiger partial charge in [0.15, 0.2) is 29.1 Å². The lowest BCUT2D eigenvalue weighted by molar-refractivity contribution is -0.176. The number of benzene rings is 2. The fraction of sp³-hybridized carbons (Fsp3) is 0.581. The summed E-state index contributed by atoms with van der Waals surface area (Å²) in [7, 11) is 6.63. The van der Waals surface area contributed by atoms with Crippen LogP contribution in [-0.4, -0.2) is 52.3 Å². The minimum Gasteiger partial charge on any atom is -0.493 e. The molecule has 3 unspecified atom stereocenters. The van der Waals surface area contributed by atoms with Crippen molar-refractivity contribution >= 4 is 0 Å². The van der Waals surface area contributed by atoms with Crippen molar-refractivity contribution in [3.05, 3.63) is 41.5 Å². The average Bonchev–Trinajstić information content (AvgIpc) is 2.98. The maximum atomic E-state index is 10.7. The van der Waals surface area contributed by atoms with Crippen LogP contribution >= 0.6 is 0 Å². The van der Waals surface area contributed by atoms with Gasteiger partial charge in [-0.1, -0.05) is 45.2 Å². The number of nitriles is 1. The molecule has 0 aliphatic carbocycles. The molecule has 39 heavy (non-hydrogen) atoms. The topological polar surface area (TPSA) is 82.4 Å². The number of nitrogens with zero attached hydrogens (tertiary/aromatic N) is 2. The number of hydrogen-bond acceptors (Lipinski definition) is 8. The summed E-state index contributed by atoms with van der Waals surface area (Å²) in [6.07, 6.45) is 4.66. The van der Waals surface area contributed by atoms with Crippen molar-refractivity contribution in [2.45, 2.75) is 71.1 Å². The summed E-state index contributed by atoms with van der Waals surface area (Å²) in [5.74, 6) is 3.61. The van der Waals surface area contributed by atoms with Crippen molar-refractivity contribution in [2.24, 2.45) is 11.3 Å². The third-order valence-electron chi connectivity index (χ3n) is 8.57. The van der Waals surface area contributed by atoms with Gasteiger partial charge in [0.05, 0.1) is 34.5 Å². The van der Waals surface area contributed by atoms with Crippen LogP contribution in [0.1, 0.15) is 57.1 Å². The molecule has 212 valence electrons. The lowest BCUT2D eigenvalue weighted by Gasteiger charge is -2.43. The molecule has 0 saturated heterocycles. The maximum Gasteiger partial charge on any atom is 0.203 e. The highest BCUT2D eigenvalue weighted by Gasteiger charge is 2.48. The first kappa shape index (κ1) is 28.8. The van der Waals surface area contributed by atoms with E-state index in [2.05, 4.69) is 19.9 Å². The molecule has 0 bridgehead atoms. The van der Waals surface area contributed by atoms with Gasteiger partial charge >= 0.3 is 0 Å². The molecule has 0 aromatic heterocycles. The molecule has 0 amide bonds. The molecule has 0 N–H and O–H groups in total. The normalized spacial score (nSPS) is 20.1. The molecule has 0 radical (unpaired) electrons. The molecule has 2 aliphatic heterocycles. The molecule has 2 aromatic rings. The summed E-state index contributed by atoms with van der Waals surface area (Å²) in [6, 6.07) is 12.6. The van der Waals surface area contributed by atoms with Gasteiger partial charge in [0.1, 0.15) is 12.0 Å². The van der Waals surface area contributed by atoms with Gasteiger partial charge in [-0.15, -0.1) is 0 Å². The van der Waals surface area contributed by atoms with Gasteiger partial charge in [-0.3, -0.25) is 0 Å². The smallest absolute Gasteiger partial charge is 0.203 e. The van der Waals surface area contributed by atoms with E-state index in [-0.39, 0.29) is 18.1 Å². The molecule has 3 atom stereocenters. The molecule has 2 aromatic carbocycles. The van der Waals surface area contributed by atoms with E-state index in [0.717, 1.165) is 55.4 Å². The molecular weight excluding hydrogens is 496 g/mol. The van der Waals surface area contributed by atoms with Crippen molar-refractivity contribution in [2.75, 3.05) is 35.0 Å². The Bertz CT molecular complexity index is 1160. The molecule has 0 fully saturated rings. The highest BCUT2D eigenvalue weighted by molar-refractivity contribution is 5.60. The third-order valence-corrected chi connectivity index (χ3v) is 8.57. The second-order valence-electron chi connectivity index (χ2n) is 10.3. The molecule has 2 heterocycles. The first-order valence-electron chi connectivity index (χ1n) is 13.9. The zero-order valence-corrected chi connectivity index (χ0v) is 24.1. The number of methoxy groups -OCH3 is 3. The first-order chi connectivity index (χ1) is 19.0. The summed E-state index contributed by atoms with van der Waals surface area (Å²) in [4.78, 5) is 5.83. The van der Waals surface area contributed by atoms with E-state index in [1.54, 1.807) is 28.4 Å². The van der Waals surface area contributed by atoms with Crippen LogP contribution in [0.15, 0.2) is 30.3 Å². The lowest BCUT2D eigenvalue weighted by atomic mass is 9.66. The molecule has 0 spiro atoms. The van der Waals surface area contributed by atoms with E-state index in [1.807, 2.05) is 35.4 Å². The van der Waals surface area contributed by atoms with Gasteiger partial charge in [0, 0.05) is 18.2 Å². The summed E-state index contributed by atoms with van der Waals surface area (Å²) in [5, 5.41) is 12.7. The van der Waals surface area contributed by atoms with Gasteiger partial charge in [0.2, 0.25) is 5.75 Å². The first-order valence-corrected chi connectivity index (χ1v) is 13.9. The number of hydroxylamine groups is 2. The van der Waals surface area contributed by atoms with Crippen molar-refractivity contribution in [1.82, 2.24) is 5.06 Å². The fourth-order valence-corrected chi connectivity index (χ4v) is 6.49. The minimum absolute atomic E-state index is 0.122. The highest BCUT2D eigenvalue weighted by Crippen LogP contribution is 2.47. The van der Waals surface area contributed by atoms with E-state index in [4.69, 9.17) is 28.5 Å². The molecular formula is C31H42N2O6. The summed E-state index contributed by atoms with van der Waals surface area (Å²) in [5.41, 5.74) is 1.55. The van der Waals surface area contributed by atoms with Gasteiger partial charge in [-0.25, -0.2) is 0 Å². The number of fused-ring (bicyclic) bond motifs is 2.